The van der Waals surface area contributed by atoms with E-state index < -0.39 is 0 Å². The first-order valence-corrected chi connectivity index (χ1v) is 11.3. The number of methoxy groups -OCH3 is 1. The molecule has 7 nitrogen and oxygen atoms in total. The lowest BCUT2D eigenvalue weighted by Crippen LogP contribution is -2.25. The Balaban J connectivity index is 1.34. The van der Waals surface area contributed by atoms with Gasteiger partial charge in [-0.3, -0.25) is 9.89 Å². The van der Waals surface area contributed by atoms with Crippen molar-refractivity contribution >= 4 is 11.7 Å². The maximum absolute atomic E-state index is 11.7. The van der Waals surface area contributed by atoms with Gasteiger partial charge >= 0.3 is 0 Å². The van der Waals surface area contributed by atoms with Crippen molar-refractivity contribution in [2.45, 2.75) is 45.1 Å². The van der Waals surface area contributed by atoms with Crippen LogP contribution in [-0.4, -0.2) is 46.2 Å². The molecule has 1 atom stereocenters. The van der Waals surface area contributed by atoms with E-state index in [-0.39, 0.29) is 11.8 Å². The number of hydrogen-bond donors (Lipinski definition) is 2. The van der Waals surface area contributed by atoms with Gasteiger partial charge in [0.2, 0.25) is 5.91 Å². The Bertz CT molecular complexity index is 1140. The molecule has 1 fully saturated rings. The Morgan fingerprint density at radius 2 is 2.12 bits per heavy atom. The minimum absolute atomic E-state index is 0.131. The Kier molecular flexibility index (Phi) is 5.55. The van der Waals surface area contributed by atoms with Crippen molar-refractivity contribution in [2.75, 3.05) is 25.5 Å². The first-order chi connectivity index (χ1) is 15.6. The van der Waals surface area contributed by atoms with E-state index in [1.54, 1.807) is 14.0 Å². The van der Waals surface area contributed by atoms with Crippen molar-refractivity contribution in [3.05, 3.63) is 59.0 Å². The highest BCUT2D eigenvalue weighted by atomic mass is 16.5. The van der Waals surface area contributed by atoms with Gasteiger partial charge in [-0.15, -0.1) is 0 Å². The van der Waals surface area contributed by atoms with E-state index in [0.717, 1.165) is 66.3 Å². The molecule has 1 amide bonds. The highest BCUT2D eigenvalue weighted by Gasteiger charge is 2.28. The molecule has 1 saturated heterocycles. The summed E-state index contributed by atoms with van der Waals surface area (Å²) in [6.07, 6.45) is 8.15. The molecule has 0 spiro atoms. The van der Waals surface area contributed by atoms with Crippen LogP contribution in [0, 0.1) is 0 Å². The number of aromatic amines is 1. The van der Waals surface area contributed by atoms with Crippen molar-refractivity contribution in [3.8, 4) is 16.9 Å². The predicted octanol–water partition coefficient (Wildman–Crippen LogP) is 3.92. The fourth-order valence-corrected chi connectivity index (χ4v) is 4.98. The molecule has 3 aromatic rings. The average molecular weight is 432 g/mol. The molecule has 1 aromatic carbocycles. The Labute approximate surface area is 188 Å². The molecule has 2 N–H and O–H groups in total. The van der Waals surface area contributed by atoms with Gasteiger partial charge < -0.3 is 15.0 Å². The van der Waals surface area contributed by atoms with Gasteiger partial charge in [-0.25, -0.2) is 4.98 Å². The lowest BCUT2D eigenvalue weighted by molar-refractivity contribution is -0.127. The minimum Gasteiger partial charge on any atom is -0.496 e. The number of carbonyl (C=O) groups is 1. The molecular weight excluding hydrogens is 402 g/mol. The van der Waals surface area contributed by atoms with E-state index >= 15 is 0 Å². The van der Waals surface area contributed by atoms with Crippen LogP contribution < -0.4 is 10.1 Å². The zero-order valence-electron chi connectivity index (χ0n) is 18.6. The first-order valence-electron chi connectivity index (χ1n) is 11.3. The predicted molar refractivity (Wildman–Crippen MR) is 124 cm³/mol. The Morgan fingerprint density at radius 3 is 2.91 bits per heavy atom. The number of rotatable bonds is 6. The van der Waals surface area contributed by atoms with Crippen molar-refractivity contribution in [3.63, 3.8) is 0 Å². The zero-order chi connectivity index (χ0) is 22.1. The van der Waals surface area contributed by atoms with Crippen molar-refractivity contribution in [1.29, 1.82) is 0 Å². The molecule has 7 heteroatoms. The van der Waals surface area contributed by atoms with Crippen LogP contribution in [-0.2, 0) is 24.2 Å². The first kappa shape index (κ1) is 20.5. The summed E-state index contributed by atoms with van der Waals surface area (Å²) in [6, 6.07) is 8.53. The number of carbonyl (C=O) groups excluding carboxylic acids is 1. The molecule has 0 bridgehead atoms. The third kappa shape index (κ3) is 3.95. The Hall–Kier alpha value is -3.35. The SMILES string of the molecule is COc1cc2c(cc1CNc1cc(-c3cn[nH]c3C3CCN(C(C)=O)C3)ccn1)CCC2. The van der Waals surface area contributed by atoms with E-state index in [2.05, 4.69) is 38.7 Å². The minimum atomic E-state index is 0.131. The Morgan fingerprint density at radius 1 is 1.28 bits per heavy atom. The second-order valence-corrected chi connectivity index (χ2v) is 8.72. The number of benzene rings is 1. The highest BCUT2D eigenvalue weighted by Crippen LogP contribution is 2.34. The van der Waals surface area contributed by atoms with Gasteiger partial charge in [-0.05, 0) is 60.6 Å². The summed E-state index contributed by atoms with van der Waals surface area (Å²) in [5.74, 6) is 2.15. The average Bonchev–Trinajstić information content (AvgIpc) is 3.56. The maximum atomic E-state index is 11.7. The number of pyridine rings is 1. The highest BCUT2D eigenvalue weighted by molar-refractivity contribution is 5.74. The van der Waals surface area contributed by atoms with E-state index in [4.69, 9.17) is 4.74 Å². The van der Waals surface area contributed by atoms with Crippen molar-refractivity contribution in [2.24, 2.45) is 0 Å². The van der Waals surface area contributed by atoms with Crippen LogP contribution in [0.1, 0.15) is 48.1 Å². The number of aromatic nitrogens is 3. The van der Waals surface area contributed by atoms with Gasteiger partial charge in [0, 0.05) is 55.5 Å². The van der Waals surface area contributed by atoms with Crippen LogP contribution in [0.25, 0.3) is 11.1 Å². The van der Waals surface area contributed by atoms with Crippen LogP contribution in [0.15, 0.2) is 36.7 Å². The quantitative estimate of drug-likeness (QED) is 0.618. The second kappa shape index (κ2) is 8.65. The van der Waals surface area contributed by atoms with Crippen LogP contribution >= 0.6 is 0 Å². The molecule has 166 valence electrons. The summed E-state index contributed by atoms with van der Waals surface area (Å²) >= 11 is 0. The summed E-state index contributed by atoms with van der Waals surface area (Å²) in [5.41, 5.74) is 7.22. The molecular formula is C25H29N5O2. The smallest absolute Gasteiger partial charge is 0.219 e. The van der Waals surface area contributed by atoms with Gasteiger partial charge in [0.1, 0.15) is 11.6 Å². The number of hydrogen-bond acceptors (Lipinski definition) is 5. The lowest BCUT2D eigenvalue weighted by Gasteiger charge is -2.15. The molecule has 1 aliphatic heterocycles. The maximum Gasteiger partial charge on any atom is 0.219 e. The largest absolute Gasteiger partial charge is 0.496 e. The molecule has 0 saturated carbocycles. The standard InChI is InChI=1S/C25H29N5O2/c1-16(31)30-9-7-20(15-30)25-22(14-28-29-25)19-6-8-26-24(12-19)27-13-21-10-17-4-3-5-18(17)11-23(21)32-2/h6,8,10-12,14,20H,3-5,7,9,13,15H2,1-2H3,(H,26,27)(H,28,29). The number of anilines is 1. The summed E-state index contributed by atoms with van der Waals surface area (Å²) in [4.78, 5) is 18.2. The van der Waals surface area contributed by atoms with E-state index in [1.165, 1.54) is 17.5 Å². The normalized spacial score (nSPS) is 17.4. The second-order valence-electron chi connectivity index (χ2n) is 8.72. The van der Waals surface area contributed by atoms with Gasteiger partial charge in [0.25, 0.3) is 0 Å². The number of aryl methyl sites for hydroxylation is 2. The van der Waals surface area contributed by atoms with Gasteiger partial charge in [-0.2, -0.15) is 5.10 Å². The third-order valence-corrected chi connectivity index (χ3v) is 6.74. The molecule has 0 radical (unpaired) electrons. The van der Waals surface area contributed by atoms with E-state index in [9.17, 15) is 4.79 Å². The molecule has 3 heterocycles. The summed E-state index contributed by atoms with van der Waals surface area (Å²) in [7, 11) is 1.73. The van der Waals surface area contributed by atoms with Gasteiger partial charge in [-0.1, -0.05) is 6.07 Å². The number of nitrogens with one attached hydrogen (secondary N) is 2. The van der Waals surface area contributed by atoms with Crippen LogP contribution in [0.5, 0.6) is 5.75 Å². The van der Waals surface area contributed by atoms with Crippen molar-refractivity contribution < 1.29 is 9.53 Å². The summed E-state index contributed by atoms with van der Waals surface area (Å²) in [6.45, 7) is 3.82. The van der Waals surface area contributed by atoms with E-state index in [1.807, 2.05) is 23.4 Å². The number of ether oxygens (including phenoxy) is 1. The number of likely N-dealkylation sites (tertiary alicyclic amines) is 1. The number of H-pyrrole nitrogens is 1. The van der Waals surface area contributed by atoms with Gasteiger partial charge in [0.05, 0.1) is 13.3 Å². The number of amides is 1. The topological polar surface area (TPSA) is 83.1 Å². The molecule has 5 rings (SSSR count). The zero-order valence-corrected chi connectivity index (χ0v) is 18.6. The van der Waals surface area contributed by atoms with Crippen LogP contribution in [0.3, 0.4) is 0 Å². The fourth-order valence-electron chi connectivity index (χ4n) is 4.98. The van der Waals surface area contributed by atoms with Gasteiger partial charge in [0.15, 0.2) is 0 Å². The van der Waals surface area contributed by atoms with Crippen molar-refractivity contribution in [1.82, 2.24) is 20.1 Å². The molecule has 32 heavy (non-hydrogen) atoms. The molecule has 2 aromatic heterocycles. The number of fused-ring (bicyclic) bond motifs is 1. The molecule has 1 unspecified atom stereocenters. The lowest BCUT2D eigenvalue weighted by atomic mass is 9.97. The third-order valence-electron chi connectivity index (χ3n) is 6.74. The van der Waals surface area contributed by atoms with Crippen LogP contribution in [0.2, 0.25) is 0 Å². The monoisotopic (exact) mass is 431 g/mol. The summed E-state index contributed by atoms with van der Waals surface area (Å²) < 4.78 is 5.64. The van der Waals surface area contributed by atoms with E-state index in [0.29, 0.717) is 6.54 Å². The molecule has 2 aliphatic rings. The van der Waals surface area contributed by atoms with Crippen LogP contribution in [0.4, 0.5) is 5.82 Å². The summed E-state index contributed by atoms with van der Waals surface area (Å²) in [5, 5.41) is 10.9. The number of nitrogens with zero attached hydrogens (tertiary/aromatic N) is 3. The molecule has 1 aliphatic carbocycles. The fraction of sp³-hybridized carbons (Fsp3) is 0.400.